The highest BCUT2D eigenvalue weighted by atomic mass is 32.1. The third kappa shape index (κ3) is 3.43. The average Bonchev–Trinajstić information content (AvgIpc) is 3.49. The van der Waals surface area contributed by atoms with Gasteiger partial charge in [0.05, 0.1) is 17.4 Å². The number of hydrogen-bond donors (Lipinski definition) is 1. The fourth-order valence-corrected chi connectivity index (χ4v) is 5.10. The number of para-hydroxylation sites is 1. The van der Waals surface area contributed by atoms with Crippen LogP contribution < -0.4 is 10.2 Å². The van der Waals surface area contributed by atoms with Gasteiger partial charge in [-0.15, -0.1) is 0 Å². The van der Waals surface area contributed by atoms with E-state index < -0.39 is 0 Å². The maximum Gasteiger partial charge on any atom is 0.174 e. The second-order valence-corrected chi connectivity index (χ2v) is 8.67. The lowest BCUT2D eigenvalue weighted by molar-refractivity contribution is 0.542. The van der Waals surface area contributed by atoms with Gasteiger partial charge in [0.1, 0.15) is 11.9 Å². The maximum absolute atomic E-state index is 15.0. The lowest BCUT2D eigenvalue weighted by atomic mass is 10.0. The van der Waals surface area contributed by atoms with Crippen molar-refractivity contribution in [2.45, 2.75) is 12.1 Å². The van der Waals surface area contributed by atoms with Crippen LogP contribution >= 0.6 is 12.2 Å². The second kappa shape index (κ2) is 8.39. The van der Waals surface area contributed by atoms with Crippen molar-refractivity contribution in [2.75, 3.05) is 4.90 Å². The number of rotatable bonds is 4. The Balaban J connectivity index is 1.53. The number of thiocarbonyl (C=S) groups is 1. The molecule has 0 aliphatic carbocycles. The Morgan fingerprint density at radius 2 is 1.62 bits per heavy atom. The van der Waals surface area contributed by atoms with Crippen LogP contribution in [0.1, 0.15) is 23.5 Å². The van der Waals surface area contributed by atoms with Gasteiger partial charge in [0.25, 0.3) is 0 Å². The number of anilines is 1. The molecule has 166 valence electrons. The predicted molar refractivity (Wildman–Crippen MR) is 138 cm³/mol. The first-order chi connectivity index (χ1) is 16.7. The zero-order chi connectivity index (χ0) is 23.1. The number of nitrogens with zero attached hydrogens (tertiary/aromatic N) is 3. The standard InChI is InChI=1S/C28H21FN4S/c29-22-10-3-4-12-24(22)33-27(26(31-28(33)34)23-11-5-6-16-30-23)25-13-7-17-32(25)21-15-14-19-8-1-2-9-20(19)18-21/h1-18,26-27H,(H,31,34)/t26-,27+/m0/s1. The SMILES string of the molecule is Fc1ccccc1N1C(=S)N[C@@H](c2ccccn2)[C@H]1c1cccn1-c1ccc2ccccc2c1. The monoisotopic (exact) mass is 464 g/mol. The van der Waals surface area contributed by atoms with Crippen LogP contribution in [0.25, 0.3) is 16.5 Å². The largest absolute Gasteiger partial charge is 0.351 e. The topological polar surface area (TPSA) is 33.1 Å². The van der Waals surface area contributed by atoms with Crippen LogP contribution in [-0.2, 0) is 0 Å². The van der Waals surface area contributed by atoms with E-state index in [2.05, 4.69) is 51.3 Å². The molecule has 1 saturated heterocycles. The Kier molecular flexibility index (Phi) is 5.08. The van der Waals surface area contributed by atoms with Crippen molar-refractivity contribution >= 4 is 33.8 Å². The van der Waals surface area contributed by atoms with Gasteiger partial charge in [0.15, 0.2) is 5.11 Å². The van der Waals surface area contributed by atoms with E-state index in [1.54, 1.807) is 18.3 Å². The lowest BCUT2D eigenvalue weighted by Gasteiger charge is -2.29. The summed E-state index contributed by atoms with van der Waals surface area (Å²) in [4.78, 5) is 6.47. The zero-order valence-corrected chi connectivity index (χ0v) is 19.0. The van der Waals surface area contributed by atoms with E-state index in [1.807, 2.05) is 53.6 Å². The van der Waals surface area contributed by atoms with E-state index >= 15 is 4.39 Å². The summed E-state index contributed by atoms with van der Waals surface area (Å²) in [5.41, 5.74) is 3.31. The Morgan fingerprint density at radius 1 is 0.824 bits per heavy atom. The van der Waals surface area contributed by atoms with Gasteiger partial charge in [0, 0.05) is 23.8 Å². The number of halogens is 1. The second-order valence-electron chi connectivity index (χ2n) is 8.28. The molecule has 0 saturated carbocycles. The summed E-state index contributed by atoms with van der Waals surface area (Å²) in [6, 6.07) is 30.8. The van der Waals surface area contributed by atoms with Gasteiger partial charge in [-0.05, 0) is 71.5 Å². The summed E-state index contributed by atoms with van der Waals surface area (Å²) in [6.45, 7) is 0. The average molecular weight is 465 g/mol. The van der Waals surface area contributed by atoms with Gasteiger partial charge in [0.2, 0.25) is 0 Å². The fourth-order valence-electron chi connectivity index (χ4n) is 4.76. The molecule has 6 heteroatoms. The molecular formula is C28H21FN4S. The van der Waals surface area contributed by atoms with Gasteiger partial charge in [-0.3, -0.25) is 4.98 Å². The van der Waals surface area contributed by atoms with Crippen molar-refractivity contribution in [2.24, 2.45) is 0 Å². The Morgan fingerprint density at radius 3 is 2.44 bits per heavy atom. The van der Waals surface area contributed by atoms with Crippen LogP contribution in [0, 0.1) is 5.82 Å². The molecule has 1 N–H and O–H groups in total. The first kappa shape index (κ1) is 20.6. The Labute approximate surface area is 202 Å². The minimum absolute atomic E-state index is 0.248. The van der Waals surface area contributed by atoms with Gasteiger partial charge < -0.3 is 14.8 Å². The number of benzene rings is 3. The number of aromatic nitrogens is 2. The predicted octanol–water partition coefficient (Wildman–Crippen LogP) is 6.34. The number of nitrogens with one attached hydrogen (secondary N) is 1. The van der Waals surface area contributed by atoms with Crippen molar-refractivity contribution in [3.63, 3.8) is 0 Å². The van der Waals surface area contributed by atoms with E-state index in [-0.39, 0.29) is 17.9 Å². The first-order valence-electron chi connectivity index (χ1n) is 11.1. The molecule has 3 heterocycles. The number of pyridine rings is 1. The van der Waals surface area contributed by atoms with Crippen molar-refractivity contribution in [3.8, 4) is 5.69 Å². The van der Waals surface area contributed by atoms with E-state index in [4.69, 9.17) is 12.2 Å². The summed E-state index contributed by atoms with van der Waals surface area (Å²) in [6.07, 6.45) is 3.81. The molecule has 0 amide bonds. The number of hydrogen-bond acceptors (Lipinski definition) is 2. The highest BCUT2D eigenvalue weighted by Crippen LogP contribution is 2.43. The molecule has 1 aliphatic rings. The molecule has 1 fully saturated rings. The summed E-state index contributed by atoms with van der Waals surface area (Å²) in [7, 11) is 0. The van der Waals surface area contributed by atoms with Gasteiger partial charge >= 0.3 is 0 Å². The summed E-state index contributed by atoms with van der Waals surface area (Å²) >= 11 is 5.74. The molecule has 1 aliphatic heterocycles. The van der Waals surface area contributed by atoms with Crippen LogP contribution in [0.4, 0.5) is 10.1 Å². The molecule has 2 atom stereocenters. The first-order valence-corrected chi connectivity index (χ1v) is 11.5. The molecule has 3 aromatic carbocycles. The van der Waals surface area contributed by atoms with Crippen LogP contribution in [0.15, 0.2) is 109 Å². The highest BCUT2D eigenvalue weighted by molar-refractivity contribution is 7.80. The molecule has 2 aromatic heterocycles. The summed E-state index contributed by atoms with van der Waals surface area (Å²) in [5.74, 6) is -0.317. The molecule has 0 bridgehead atoms. The molecule has 0 unspecified atom stereocenters. The fraction of sp³-hybridized carbons (Fsp3) is 0.0714. The van der Waals surface area contributed by atoms with Crippen LogP contribution in [0.3, 0.4) is 0 Å². The molecular weight excluding hydrogens is 443 g/mol. The summed E-state index contributed by atoms with van der Waals surface area (Å²) in [5, 5.41) is 6.22. The van der Waals surface area contributed by atoms with Crippen molar-refractivity contribution < 1.29 is 4.39 Å². The molecule has 4 nitrogen and oxygen atoms in total. The van der Waals surface area contributed by atoms with Crippen LogP contribution in [0.5, 0.6) is 0 Å². The normalized spacial score (nSPS) is 17.8. The number of fused-ring (bicyclic) bond motifs is 1. The van der Waals surface area contributed by atoms with Crippen molar-refractivity contribution in [1.29, 1.82) is 0 Å². The minimum atomic E-state index is -0.317. The molecule has 6 rings (SSSR count). The molecule has 5 aromatic rings. The van der Waals surface area contributed by atoms with E-state index in [0.717, 1.165) is 22.5 Å². The minimum Gasteiger partial charge on any atom is -0.351 e. The van der Waals surface area contributed by atoms with Gasteiger partial charge in [-0.2, -0.15) is 0 Å². The molecule has 34 heavy (non-hydrogen) atoms. The van der Waals surface area contributed by atoms with Crippen molar-refractivity contribution in [3.05, 3.63) is 127 Å². The van der Waals surface area contributed by atoms with Crippen LogP contribution in [0.2, 0.25) is 0 Å². The van der Waals surface area contributed by atoms with E-state index in [1.165, 1.54) is 11.5 Å². The lowest BCUT2D eigenvalue weighted by Crippen LogP contribution is -2.31. The van der Waals surface area contributed by atoms with Crippen LogP contribution in [-0.4, -0.2) is 14.7 Å². The van der Waals surface area contributed by atoms with E-state index in [9.17, 15) is 0 Å². The summed E-state index contributed by atoms with van der Waals surface area (Å²) < 4.78 is 17.2. The third-order valence-electron chi connectivity index (χ3n) is 6.30. The maximum atomic E-state index is 15.0. The van der Waals surface area contributed by atoms with E-state index in [0.29, 0.717) is 10.8 Å². The van der Waals surface area contributed by atoms with Gasteiger partial charge in [-0.25, -0.2) is 4.39 Å². The molecule has 0 radical (unpaired) electrons. The quantitative estimate of drug-likeness (QED) is 0.315. The Hall–Kier alpha value is -4.03. The van der Waals surface area contributed by atoms with Crippen molar-refractivity contribution in [1.82, 2.24) is 14.9 Å². The molecule has 0 spiro atoms. The highest BCUT2D eigenvalue weighted by Gasteiger charge is 2.43. The van der Waals surface area contributed by atoms with Gasteiger partial charge in [-0.1, -0.05) is 48.5 Å². The third-order valence-corrected chi connectivity index (χ3v) is 6.62. The smallest absolute Gasteiger partial charge is 0.174 e. The Bertz CT molecular complexity index is 1500. The zero-order valence-electron chi connectivity index (χ0n) is 18.2.